The SMILES string of the molecule is O=C(c1ccc(Cl)cc1)[C@@H]1[C@@H](c2ccccc2)N=C(C(Cl)(Cl)Cl)N1S(=O)(=O)c1ccccc1[N+](=O)[O-]. The summed E-state index contributed by atoms with van der Waals surface area (Å²) in [6, 6.07) is 16.2. The Labute approximate surface area is 226 Å². The number of nitro benzene ring substituents is 1. The van der Waals surface area contributed by atoms with E-state index < -0.39 is 53.0 Å². The van der Waals surface area contributed by atoms with E-state index in [0.29, 0.717) is 14.9 Å². The summed E-state index contributed by atoms with van der Waals surface area (Å²) in [4.78, 5) is 28.3. The molecular weight excluding hydrogens is 572 g/mol. The monoisotopic (exact) mass is 585 g/mol. The van der Waals surface area contributed by atoms with Crippen molar-refractivity contribution in [2.45, 2.75) is 20.8 Å². The van der Waals surface area contributed by atoms with E-state index in [1.807, 2.05) is 0 Å². The zero-order chi connectivity index (χ0) is 26.3. The third kappa shape index (κ3) is 4.94. The number of nitrogens with zero attached hydrogens (tertiary/aromatic N) is 3. The Morgan fingerprint density at radius 1 is 0.944 bits per heavy atom. The van der Waals surface area contributed by atoms with Crippen LogP contribution in [0.1, 0.15) is 22.0 Å². The molecule has 0 radical (unpaired) electrons. The molecule has 0 saturated carbocycles. The van der Waals surface area contributed by atoms with Crippen LogP contribution in [-0.2, 0) is 10.0 Å². The van der Waals surface area contributed by atoms with Crippen LogP contribution in [0.4, 0.5) is 5.69 Å². The quantitative estimate of drug-likeness (QED) is 0.152. The van der Waals surface area contributed by atoms with Crippen LogP contribution >= 0.6 is 46.4 Å². The van der Waals surface area contributed by atoms with Gasteiger partial charge in [-0.05, 0) is 35.9 Å². The van der Waals surface area contributed by atoms with E-state index >= 15 is 0 Å². The predicted octanol–water partition coefficient (Wildman–Crippen LogP) is 6.01. The van der Waals surface area contributed by atoms with Crippen LogP contribution in [0.25, 0.3) is 0 Å². The van der Waals surface area contributed by atoms with Crippen molar-refractivity contribution in [1.82, 2.24) is 4.31 Å². The second-order valence-corrected chi connectivity index (χ2v) is 12.1. The van der Waals surface area contributed by atoms with Gasteiger partial charge in [0.2, 0.25) is 3.79 Å². The van der Waals surface area contributed by atoms with Crippen LogP contribution in [0.5, 0.6) is 0 Å². The number of hydrogen-bond acceptors (Lipinski definition) is 6. The Hall–Kier alpha value is -2.69. The second kappa shape index (κ2) is 9.99. The van der Waals surface area contributed by atoms with E-state index in [2.05, 4.69) is 4.99 Å². The fourth-order valence-electron chi connectivity index (χ4n) is 3.85. The van der Waals surface area contributed by atoms with Crippen LogP contribution in [0.3, 0.4) is 0 Å². The molecular formula is C23H15Cl4N3O5S. The lowest BCUT2D eigenvalue weighted by Crippen LogP contribution is -2.50. The number of rotatable bonds is 6. The second-order valence-electron chi connectivity index (χ2n) is 7.65. The largest absolute Gasteiger partial charge is 0.292 e. The van der Waals surface area contributed by atoms with E-state index in [-0.39, 0.29) is 5.56 Å². The number of halogens is 4. The summed E-state index contributed by atoms with van der Waals surface area (Å²) in [6.45, 7) is 0. The standard InChI is InChI=1S/C23H15Cl4N3O5S/c24-16-12-10-15(11-13-16)21(31)20-19(14-6-2-1-3-7-14)28-22(23(25,26)27)29(20)36(34,35)18-9-5-4-8-17(18)30(32)33/h1-13,19-20H/t19-,20+/m1/s1. The maximum Gasteiger partial charge on any atom is 0.289 e. The number of sulfonamides is 1. The molecule has 13 heteroatoms. The van der Waals surface area contributed by atoms with Crippen molar-refractivity contribution in [1.29, 1.82) is 0 Å². The Morgan fingerprint density at radius 3 is 2.11 bits per heavy atom. The highest BCUT2D eigenvalue weighted by Gasteiger charge is 2.54. The number of hydrogen-bond donors (Lipinski definition) is 0. The van der Waals surface area contributed by atoms with E-state index in [1.54, 1.807) is 30.3 Å². The predicted molar refractivity (Wildman–Crippen MR) is 139 cm³/mol. The Bertz CT molecular complexity index is 1460. The molecule has 186 valence electrons. The Kier molecular flexibility index (Phi) is 7.32. The number of Topliss-reactive ketones (excluding diaryl/α,β-unsaturated/α-hetero) is 1. The topological polar surface area (TPSA) is 110 Å². The van der Waals surface area contributed by atoms with Gasteiger partial charge in [0.05, 0.1) is 4.92 Å². The first-order valence-corrected chi connectivity index (χ1v) is 13.2. The van der Waals surface area contributed by atoms with E-state index in [4.69, 9.17) is 46.4 Å². The smallest absolute Gasteiger partial charge is 0.289 e. The zero-order valence-corrected chi connectivity index (χ0v) is 21.8. The molecule has 0 amide bonds. The fourth-order valence-corrected chi connectivity index (χ4v) is 6.34. The van der Waals surface area contributed by atoms with Crippen molar-refractivity contribution in [3.05, 3.63) is 105 Å². The number of nitro groups is 1. The molecule has 0 aromatic heterocycles. The summed E-state index contributed by atoms with van der Waals surface area (Å²) in [5.41, 5.74) is -0.118. The summed E-state index contributed by atoms with van der Waals surface area (Å²) in [5, 5.41) is 12.0. The maximum absolute atomic E-state index is 14.0. The molecule has 0 N–H and O–H groups in total. The van der Waals surface area contributed by atoms with Gasteiger partial charge in [-0.2, -0.15) is 0 Å². The zero-order valence-electron chi connectivity index (χ0n) is 18.0. The lowest BCUT2D eigenvalue weighted by Gasteiger charge is -2.30. The highest BCUT2D eigenvalue weighted by atomic mass is 35.6. The van der Waals surface area contributed by atoms with Crippen molar-refractivity contribution in [2.24, 2.45) is 4.99 Å². The van der Waals surface area contributed by atoms with Gasteiger partial charge in [0, 0.05) is 16.7 Å². The summed E-state index contributed by atoms with van der Waals surface area (Å²) < 4.78 is 26.2. The molecule has 2 atom stereocenters. The third-order valence-electron chi connectivity index (χ3n) is 5.41. The molecule has 1 heterocycles. The molecule has 4 rings (SSSR count). The van der Waals surface area contributed by atoms with Crippen molar-refractivity contribution in [3.63, 3.8) is 0 Å². The molecule has 3 aromatic rings. The van der Waals surface area contributed by atoms with Gasteiger partial charge in [-0.1, -0.05) is 88.9 Å². The first kappa shape index (κ1) is 26.4. The lowest BCUT2D eigenvalue weighted by atomic mass is 9.94. The van der Waals surface area contributed by atoms with Crippen LogP contribution in [0.15, 0.2) is 88.8 Å². The van der Waals surface area contributed by atoms with Gasteiger partial charge >= 0.3 is 0 Å². The molecule has 1 aliphatic heterocycles. The highest BCUT2D eigenvalue weighted by Crippen LogP contribution is 2.44. The van der Waals surface area contributed by atoms with Gasteiger partial charge in [0.15, 0.2) is 16.5 Å². The van der Waals surface area contributed by atoms with Crippen molar-refractivity contribution < 1.29 is 18.1 Å². The first-order valence-electron chi connectivity index (χ1n) is 10.2. The van der Waals surface area contributed by atoms with Crippen molar-refractivity contribution in [3.8, 4) is 0 Å². The fraction of sp³-hybridized carbons (Fsp3) is 0.130. The molecule has 0 aliphatic carbocycles. The minimum Gasteiger partial charge on any atom is -0.292 e. The molecule has 0 saturated heterocycles. The van der Waals surface area contributed by atoms with E-state index in [1.165, 1.54) is 36.4 Å². The maximum atomic E-state index is 14.0. The summed E-state index contributed by atoms with van der Waals surface area (Å²) in [7, 11) is -4.84. The molecule has 36 heavy (non-hydrogen) atoms. The Morgan fingerprint density at radius 2 is 1.53 bits per heavy atom. The average Bonchev–Trinajstić information content (AvgIpc) is 3.27. The molecule has 0 bridgehead atoms. The summed E-state index contributed by atoms with van der Waals surface area (Å²) in [5.74, 6) is -1.23. The number of amidine groups is 1. The highest BCUT2D eigenvalue weighted by molar-refractivity contribution is 7.90. The van der Waals surface area contributed by atoms with Crippen LogP contribution in [-0.4, -0.2) is 39.1 Å². The summed E-state index contributed by atoms with van der Waals surface area (Å²) in [6.07, 6.45) is 0. The minimum atomic E-state index is -4.84. The van der Waals surface area contributed by atoms with Crippen molar-refractivity contribution >= 4 is 73.7 Å². The number of aliphatic imine (C=N–C) groups is 1. The minimum absolute atomic E-state index is 0.119. The number of ketones is 1. The van der Waals surface area contributed by atoms with E-state index in [9.17, 15) is 23.3 Å². The van der Waals surface area contributed by atoms with Crippen LogP contribution in [0.2, 0.25) is 5.02 Å². The van der Waals surface area contributed by atoms with E-state index in [0.717, 1.165) is 12.1 Å². The number of carbonyl (C=O) groups excluding carboxylic acids is 1. The molecule has 1 aliphatic rings. The van der Waals surface area contributed by atoms with Gasteiger partial charge in [0.25, 0.3) is 15.7 Å². The normalized spacial score (nSPS) is 18.1. The van der Waals surface area contributed by atoms with Gasteiger partial charge in [-0.25, -0.2) is 12.7 Å². The first-order chi connectivity index (χ1) is 16.9. The van der Waals surface area contributed by atoms with Gasteiger partial charge in [-0.3, -0.25) is 19.9 Å². The number of alkyl halides is 3. The average molecular weight is 587 g/mol. The molecule has 8 nitrogen and oxygen atoms in total. The molecule has 0 spiro atoms. The number of benzene rings is 3. The molecule has 3 aromatic carbocycles. The van der Waals surface area contributed by atoms with Gasteiger partial charge in [-0.15, -0.1) is 0 Å². The van der Waals surface area contributed by atoms with Crippen molar-refractivity contribution in [2.75, 3.05) is 0 Å². The Balaban J connectivity index is 1.98. The third-order valence-corrected chi connectivity index (χ3v) is 7.99. The molecule has 0 fully saturated rings. The number of carbonyl (C=O) groups is 1. The molecule has 0 unspecified atom stereocenters. The van der Waals surface area contributed by atoms with Crippen LogP contribution < -0.4 is 0 Å². The summed E-state index contributed by atoms with van der Waals surface area (Å²) >= 11 is 24.4. The number of para-hydroxylation sites is 1. The van der Waals surface area contributed by atoms with Crippen LogP contribution in [0, 0.1) is 10.1 Å². The van der Waals surface area contributed by atoms with Gasteiger partial charge < -0.3 is 0 Å². The lowest BCUT2D eigenvalue weighted by molar-refractivity contribution is -0.387. The van der Waals surface area contributed by atoms with Gasteiger partial charge in [0.1, 0.15) is 12.1 Å².